The van der Waals surface area contributed by atoms with Gasteiger partial charge in [-0.05, 0) is 5.56 Å². The lowest BCUT2D eigenvalue weighted by Crippen LogP contribution is -2.26. The maximum absolute atomic E-state index is 11.2. The third kappa shape index (κ3) is 3.94. The molecule has 10 nitrogen and oxygen atoms in total. The van der Waals surface area contributed by atoms with E-state index in [1.807, 2.05) is 0 Å². The molecule has 0 spiro atoms. The average molecular weight is 323 g/mol. The number of carbonyl (C=O) groups excluding carboxylic acids is 1. The number of nitrogens with one attached hydrogen (secondary N) is 1. The van der Waals surface area contributed by atoms with Crippen molar-refractivity contribution >= 4 is 40.1 Å². The van der Waals surface area contributed by atoms with Crippen LogP contribution in [0.4, 0.5) is 11.4 Å². The Bertz CT molecular complexity index is 585. The largest absolute Gasteiger partial charge is 0.755 e. The van der Waals surface area contributed by atoms with Crippen LogP contribution in [0.2, 0.25) is 5.02 Å². The van der Waals surface area contributed by atoms with E-state index in [9.17, 15) is 33.8 Å². The van der Waals surface area contributed by atoms with Crippen LogP contribution in [0.25, 0.3) is 0 Å². The molecule has 12 heteroatoms. The first-order chi connectivity index (χ1) is 9.22. The van der Waals surface area contributed by atoms with Gasteiger partial charge < -0.3 is 4.55 Å². The summed E-state index contributed by atoms with van der Waals surface area (Å²) in [5.41, 5.74) is -1.60. The molecule has 0 aliphatic carbocycles. The molecule has 0 aliphatic rings. The van der Waals surface area contributed by atoms with Crippen molar-refractivity contribution in [1.82, 2.24) is 4.72 Å². The van der Waals surface area contributed by atoms with E-state index < -0.39 is 49.8 Å². The molecule has 0 saturated heterocycles. The molecule has 0 aliphatic heterocycles. The van der Waals surface area contributed by atoms with Gasteiger partial charge in [-0.1, -0.05) is 11.6 Å². The molecule has 1 amide bonds. The molecular formula is C8H5ClN3O7S-. The summed E-state index contributed by atoms with van der Waals surface area (Å²) in [6.45, 7) is 0. The highest BCUT2D eigenvalue weighted by Gasteiger charge is 2.25. The van der Waals surface area contributed by atoms with Gasteiger partial charge in [0, 0.05) is 23.4 Å². The first kappa shape index (κ1) is 15.9. The van der Waals surface area contributed by atoms with E-state index in [0.29, 0.717) is 0 Å². The highest BCUT2D eigenvalue weighted by Crippen LogP contribution is 2.34. The van der Waals surface area contributed by atoms with Crippen LogP contribution in [0, 0.1) is 20.2 Å². The van der Waals surface area contributed by atoms with Crippen LogP contribution in [-0.4, -0.2) is 24.5 Å². The highest BCUT2D eigenvalue weighted by atomic mass is 35.5. The lowest BCUT2D eigenvalue weighted by molar-refractivity contribution is -0.394. The average Bonchev–Trinajstić information content (AvgIpc) is 2.29. The van der Waals surface area contributed by atoms with Crippen molar-refractivity contribution in [3.05, 3.63) is 42.9 Å². The van der Waals surface area contributed by atoms with Gasteiger partial charge in [-0.15, -0.1) is 0 Å². The molecular weight excluding hydrogens is 318 g/mol. The Morgan fingerprint density at radius 3 is 2.05 bits per heavy atom. The zero-order valence-electron chi connectivity index (χ0n) is 9.40. The van der Waals surface area contributed by atoms with Crippen LogP contribution >= 0.6 is 11.6 Å². The van der Waals surface area contributed by atoms with Gasteiger partial charge in [0.15, 0.2) is 5.02 Å². The zero-order chi connectivity index (χ0) is 15.4. The summed E-state index contributed by atoms with van der Waals surface area (Å²) >= 11 is 2.66. The SMILES string of the molecule is O=C(Cc1cc([N+](=O)[O-])c(Cl)c([N+](=O)[O-])c1)NS(=O)[O-]. The molecule has 1 unspecified atom stereocenters. The fourth-order valence-electron chi connectivity index (χ4n) is 1.33. The maximum Gasteiger partial charge on any atom is 0.295 e. The molecule has 1 aromatic rings. The van der Waals surface area contributed by atoms with E-state index in [0.717, 1.165) is 12.1 Å². The molecule has 0 aromatic heterocycles. The first-order valence-electron chi connectivity index (χ1n) is 4.72. The molecule has 0 radical (unpaired) electrons. The molecule has 0 bridgehead atoms. The van der Waals surface area contributed by atoms with Gasteiger partial charge >= 0.3 is 0 Å². The van der Waals surface area contributed by atoms with Crippen LogP contribution < -0.4 is 4.72 Å². The lowest BCUT2D eigenvalue weighted by atomic mass is 10.1. The van der Waals surface area contributed by atoms with E-state index in [4.69, 9.17) is 11.6 Å². The van der Waals surface area contributed by atoms with E-state index in [1.165, 1.54) is 4.72 Å². The number of amides is 1. The summed E-state index contributed by atoms with van der Waals surface area (Å²) < 4.78 is 22.0. The van der Waals surface area contributed by atoms with Crippen LogP contribution in [0.15, 0.2) is 12.1 Å². The number of rotatable bonds is 5. The molecule has 1 N–H and O–H groups in total. The van der Waals surface area contributed by atoms with Gasteiger partial charge in [-0.25, -0.2) is 0 Å². The first-order valence-corrected chi connectivity index (χ1v) is 6.17. The van der Waals surface area contributed by atoms with Crippen molar-refractivity contribution in [2.75, 3.05) is 0 Å². The van der Waals surface area contributed by atoms with E-state index >= 15 is 0 Å². The summed E-state index contributed by atoms with van der Waals surface area (Å²) in [5.74, 6) is -0.996. The second kappa shape index (κ2) is 6.36. The third-order valence-corrected chi connectivity index (χ3v) is 2.83. The molecule has 0 saturated carbocycles. The topological polar surface area (TPSA) is 156 Å². The summed E-state index contributed by atoms with van der Waals surface area (Å²) in [4.78, 5) is 30.7. The number of benzene rings is 1. The maximum atomic E-state index is 11.2. The molecule has 1 aromatic carbocycles. The number of hydrogen-bond donors (Lipinski definition) is 1. The van der Waals surface area contributed by atoms with Gasteiger partial charge in [-0.2, -0.15) is 0 Å². The standard InChI is InChI=1S/C8H6ClN3O7S/c9-8-5(11(14)15)1-4(2-6(8)12(16)17)3-7(13)10-20(18)19/h1-2H,3H2,(H,10,13)(H,18,19)/p-1. The second-order valence-electron chi connectivity index (χ2n) is 3.40. The number of halogens is 1. The van der Waals surface area contributed by atoms with Crippen molar-refractivity contribution < 1.29 is 23.4 Å². The number of nitro benzene ring substituents is 2. The Balaban J connectivity index is 3.21. The van der Waals surface area contributed by atoms with Crippen molar-refractivity contribution in [2.24, 2.45) is 0 Å². The lowest BCUT2D eigenvalue weighted by Gasteiger charge is -2.07. The molecule has 108 valence electrons. The van der Waals surface area contributed by atoms with Crippen LogP contribution in [0.1, 0.15) is 5.56 Å². The van der Waals surface area contributed by atoms with E-state index in [-0.39, 0.29) is 5.56 Å². The smallest absolute Gasteiger partial charge is 0.295 e. The second-order valence-corrected chi connectivity index (χ2v) is 4.45. The monoisotopic (exact) mass is 322 g/mol. The Hall–Kier alpha value is -2.11. The van der Waals surface area contributed by atoms with E-state index in [1.54, 1.807) is 0 Å². The van der Waals surface area contributed by atoms with Crippen molar-refractivity contribution in [2.45, 2.75) is 6.42 Å². The van der Waals surface area contributed by atoms with Crippen LogP contribution in [-0.2, 0) is 22.5 Å². The number of nitrogens with zero attached hydrogens (tertiary/aromatic N) is 2. The quantitative estimate of drug-likeness (QED) is 0.472. The Morgan fingerprint density at radius 2 is 1.70 bits per heavy atom. The van der Waals surface area contributed by atoms with Crippen LogP contribution in [0.3, 0.4) is 0 Å². The summed E-state index contributed by atoms with van der Waals surface area (Å²) in [6, 6.07) is 1.73. The molecule has 0 heterocycles. The Morgan fingerprint density at radius 1 is 1.25 bits per heavy atom. The molecule has 1 rings (SSSR count). The third-order valence-electron chi connectivity index (χ3n) is 2.05. The minimum atomic E-state index is -2.85. The highest BCUT2D eigenvalue weighted by molar-refractivity contribution is 7.77. The predicted molar refractivity (Wildman–Crippen MR) is 65.5 cm³/mol. The summed E-state index contributed by atoms with van der Waals surface area (Å²) in [7, 11) is 0. The number of carbonyl (C=O) groups is 1. The predicted octanol–water partition coefficient (Wildman–Crippen LogP) is 0.609. The van der Waals surface area contributed by atoms with Gasteiger partial charge in [0.2, 0.25) is 5.91 Å². The van der Waals surface area contributed by atoms with Crippen molar-refractivity contribution in [3.8, 4) is 0 Å². The van der Waals surface area contributed by atoms with Gasteiger partial charge in [0.05, 0.1) is 16.3 Å². The van der Waals surface area contributed by atoms with Crippen LogP contribution in [0.5, 0.6) is 0 Å². The molecule has 20 heavy (non-hydrogen) atoms. The zero-order valence-corrected chi connectivity index (χ0v) is 11.0. The van der Waals surface area contributed by atoms with Gasteiger partial charge in [-0.3, -0.25) is 34.0 Å². The van der Waals surface area contributed by atoms with Gasteiger partial charge in [0.25, 0.3) is 11.4 Å². The minimum Gasteiger partial charge on any atom is -0.755 e. The molecule has 0 fully saturated rings. The van der Waals surface area contributed by atoms with Gasteiger partial charge in [0.1, 0.15) is 0 Å². The summed E-state index contributed by atoms with van der Waals surface area (Å²) in [6.07, 6.45) is -0.590. The fraction of sp³-hybridized carbons (Fsp3) is 0.125. The van der Waals surface area contributed by atoms with Crippen molar-refractivity contribution in [3.63, 3.8) is 0 Å². The minimum absolute atomic E-state index is 0.115. The Labute approximate surface area is 118 Å². The Kier molecular flexibility index (Phi) is 5.07. The normalized spacial score (nSPS) is 11.7. The molecule has 1 atom stereocenters. The van der Waals surface area contributed by atoms with E-state index in [2.05, 4.69) is 0 Å². The summed E-state index contributed by atoms with van der Waals surface area (Å²) in [5, 5.41) is 20.8. The fourth-order valence-corrected chi connectivity index (χ4v) is 1.84. The van der Waals surface area contributed by atoms with Crippen molar-refractivity contribution in [1.29, 1.82) is 0 Å². The number of nitro groups is 2. The number of hydrogen-bond acceptors (Lipinski definition) is 7.